The first kappa shape index (κ1) is 11.8. The average Bonchev–Trinajstić information content (AvgIpc) is 2.27. The van der Waals surface area contributed by atoms with E-state index >= 15 is 0 Å². The molecular formula is C10H16FN3O. The van der Waals surface area contributed by atoms with Crippen LogP contribution >= 0.6 is 0 Å². The van der Waals surface area contributed by atoms with Crippen LogP contribution in [0.15, 0.2) is 6.33 Å². The zero-order chi connectivity index (χ0) is 11.3. The summed E-state index contributed by atoms with van der Waals surface area (Å²) < 4.78 is 13.6. The predicted molar refractivity (Wildman–Crippen MR) is 56.1 cm³/mol. The van der Waals surface area contributed by atoms with Crippen molar-refractivity contribution in [3.63, 3.8) is 0 Å². The smallest absolute Gasteiger partial charge is 0.186 e. The fourth-order valence-electron chi connectivity index (χ4n) is 1.11. The summed E-state index contributed by atoms with van der Waals surface area (Å²) in [6, 6.07) is 0. The third kappa shape index (κ3) is 3.13. The second kappa shape index (κ2) is 5.60. The van der Waals surface area contributed by atoms with E-state index in [1.54, 1.807) is 0 Å². The molecule has 0 bridgehead atoms. The van der Waals surface area contributed by atoms with E-state index in [0.29, 0.717) is 18.7 Å². The van der Waals surface area contributed by atoms with Crippen molar-refractivity contribution < 1.29 is 9.50 Å². The standard InChI is InChI=1S/C10H16FN3O/c1-3-8-9(11)10(14-6-13-8)12-4-7(2)5-15/h6-7,15H,3-5H2,1-2H3,(H,12,13,14). The van der Waals surface area contributed by atoms with Gasteiger partial charge in [-0.25, -0.2) is 14.4 Å². The minimum atomic E-state index is -0.398. The monoisotopic (exact) mass is 213 g/mol. The van der Waals surface area contributed by atoms with Crippen LogP contribution in [0.5, 0.6) is 0 Å². The van der Waals surface area contributed by atoms with Gasteiger partial charge in [0.1, 0.15) is 6.33 Å². The van der Waals surface area contributed by atoms with E-state index in [-0.39, 0.29) is 18.3 Å². The molecule has 1 heterocycles. The van der Waals surface area contributed by atoms with Crippen LogP contribution in [-0.4, -0.2) is 28.2 Å². The fraction of sp³-hybridized carbons (Fsp3) is 0.600. The summed E-state index contributed by atoms with van der Waals surface area (Å²) in [7, 11) is 0. The molecule has 84 valence electrons. The number of anilines is 1. The summed E-state index contributed by atoms with van der Waals surface area (Å²) in [5, 5.41) is 11.7. The van der Waals surface area contributed by atoms with Crippen molar-refractivity contribution in [3.8, 4) is 0 Å². The molecule has 1 aromatic rings. The summed E-state index contributed by atoms with van der Waals surface area (Å²) in [6.45, 7) is 4.27. The van der Waals surface area contributed by atoms with Crippen LogP contribution in [0.25, 0.3) is 0 Å². The number of halogens is 1. The van der Waals surface area contributed by atoms with E-state index in [1.807, 2.05) is 13.8 Å². The van der Waals surface area contributed by atoms with Crippen molar-refractivity contribution in [1.82, 2.24) is 9.97 Å². The summed E-state index contributed by atoms with van der Waals surface area (Å²) in [6.07, 6.45) is 1.88. The van der Waals surface area contributed by atoms with Gasteiger partial charge in [0.05, 0.1) is 5.69 Å². The first-order valence-electron chi connectivity index (χ1n) is 5.03. The Morgan fingerprint density at radius 2 is 2.27 bits per heavy atom. The predicted octanol–water partition coefficient (Wildman–Crippen LogP) is 1.22. The van der Waals surface area contributed by atoms with Crippen LogP contribution in [0.2, 0.25) is 0 Å². The molecule has 0 fully saturated rings. The van der Waals surface area contributed by atoms with Crippen LogP contribution in [-0.2, 0) is 6.42 Å². The van der Waals surface area contributed by atoms with Gasteiger partial charge in [0.25, 0.3) is 0 Å². The van der Waals surface area contributed by atoms with Crippen molar-refractivity contribution >= 4 is 5.82 Å². The number of aromatic nitrogens is 2. The molecule has 5 heteroatoms. The maximum Gasteiger partial charge on any atom is 0.186 e. The number of rotatable bonds is 5. The SMILES string of the molecule is CCc1ncnc(NCC(C)CO)c1F. The molecule has 0 saturated carbocycles. The zero-order valence-electron chi connectivity index (χ0n) is 9.00. The van der Waals surface area contributed by atoms with Gasteiger partial charge in [0, 0.05) is 13.2 Å². The molecule has 4 nitrogen and oxygen atoms in total. The van der Waals surface area contributed by atoms with E-state index in [4.69, 9.17) is 5.11 Å². The lowest BCUT2D eigenvalue weighted by atomic mass is 10.2. The largest absolute Gasteiger partial charge is 0.396 e. The third-order valence-electron chi connectivity index (χ3n) is 2.13. The molecule has 0 aliphatic carbocycles. The number of aliphatic hydroxyl groups excluding tert-OH is 1. The minimum Gasteiger partial charge on any atom is -0.396 e. The van der Waals surface area contributed by atoms with Crippen molar-refractivity contribution in [3.05, 3.63) is 17.8 Å². The average molecular weight is 213 g/mol. The number of nitrogens with one attached hydrogen (secondary N) is 1. The van der Waals surface area contributed by atoms with Crippen molar-refractivity contribution in [1.29, 1.82) is 0 Å². The Morgan fingerprint density at radius 1 is 1.53 bits per heavy atom. The van der Waals surface area contributed by atoms with Gasteiger partial charge in [-0.2, -0.15) is 0 Å². The third-order valence-corrected chi connectivity index (χ3v) is 2.13. The first-order valence-corrected chi connectivity index (χ1v) is 5.03. The summed E-state index contributed by atoms with van der Waals surface area (Å²) >= 11 is 0. The van der Waals surface area contributed by atoms with Crippen LogP contribution in [0.4, 0.5) is 10.2 Å². The van der Waals surface area contributed by atoms with Gasteiger partial charge in [-0.3, -0.25) is 0 Å². The lowest BCUT2D eigenvalue weighted by Gasteiger charge is -2.11. The topological polar surface area (TPSA) is 58.0 Å². The van der Waals surface area contributed by atoms with Crippen molar-refractivity contribution in [2.75, 3.05) is 18.5 Å². The normalized spacial score (nSPS) is 12.5. The van der Waals surface area contributed by atoms with Gasteiger partial charge in [0.2, 0.25) is 0 Å². The highest BCUT2D eigenvalue weighted by molar-refractivity contribution is 5.37. The minimum absolute atomic E-state index is 0.0698. The maximum absolute atomic E-state index is 13.6. The molecule has 2 N–H and O–H groups in total. The molecule has 0 aliphatic heterocycles. The highest BCUT2D eigenvalue weighted by Gasteiger charge is 2.09. The van der Waals surface area contributed by atoms with Crippen LogP contribution in [0.1, 0.15) is 19.5 Å². The lowest BCUT2D eigenvalue weighted by molar-refractivity contribution is 0.244. The molecular weight excluding hydrogens is 197 g/mol. The molecule has 0 aliphatic rings. The zero-order valence-corrected chi connectivity index (χ0v) is 9.00. The van der Waals surface area contributed by atoms with Gasteiger partial charge in [-0.1, -0.05) is 13.8 Å². The van der Waals surface area contributed by atoms with Gasteiger partial charge < -0.3 is 10.4 Å². The first-order chi connectivity index (χ1) is 7.19. The van der Waals surface area contributed by atoms with Crippen LogP contribution < -0.4 is 5.32 Å². The molecule has 0 aromatic carbocycles. The summed E-state index contributed by atoms with van der Waals surface area (Å²) in [5.41, 5.74) is 0.407. The Balaban J connectivity index is 2.68. The van der Waals surface area contributed by atoms with Gasteiger partial charge in [-0.05, 0) is 12.3 Å². The molecule has 0 spiro atoms. The highest BCUT2D eigenvalue weighted by Crippen LogP contribution is 2.13. The molecule has 1 atom stereocenters. The van der Waals surface area contributed by atoms with E-state index in [9.17, 15) is 4.39 Å². The maximum atomic E-state index is 13.6. The number of nitrogens with zero attached hydrogens (tertiary/aromatic N) is 2. The van der Waals surface area contributed by atoms with Gasteiger partial charge in [0.15, 0.2) is 11.6 Å². The van der Waals surface area contributed by atoms with Crippen molar-refractivity contribution in [2.24, 2.45) is 5.92 Å². The highest BCUT2D eigenvalue weighted by atomic mass is 19.1. The molecule has 0 amide bonds. The fourth-order valence-corrected chi connectivity index (χ4v) is 1.11. The number of aliphatic hydroxyl groups is 1. The van der Waals surface area contributed by atoms with Crippen LogP contribution in [0.3, 0.4) is 0 Å². The molecule has 1 unspecified atom stereocenters. The van der Waals surface area contributed by atoms with E-state index in [2.05, 4.69) is 15.3 Å². The van der Waals surface area contributed by atoms with Gasteiger partial charge in [-0.15, -0.1) is 0 Å². The lowest BCUT2D eigenvalue weighted by Crippen LogP contribution is -2.16. The quantitative estimate of drug-likeness (QED) is 0.772. The van der Waals surface area contributed by atoms with E-state index in [0.717, 1.165) is 0 Å². The Bertz CT molecular complexity index is 320. The molecule has 1 aromatic heterocycles. The number of aryl methyl sites for hydroxylation is 1. The summed E-state index contributed by atoms with van der Waals surface area (Å²) in [5.74, 6) is -0.114. The Kier molecular flexibility index (Phi) is 4.42. The molecule has 15 heavy (non-hydrogen) atoms. The molecule has 1 rings (SSSR count). The number of hydrogen-bond acceptors (Lipinski definition) is 4. The van der Waals surface area contributed by atoms with Gasteiger partial charge >= 0.3 is 0 Å². The van der Waals surface area contributed by atoms with E-state index in [1.165, 1.54) is 6.33 Å². The van der Waals surface area contributed by atoms with E-state index < -0.39 is 5.82 Å². The second-order valence-corrected chi connectivity index (χ2v) is 3.51. The number of hydrogen-bond donors (Lipinski definition) is 2. The molecule has 0 radical (unpaired) electrons. The Hall–Kier alpha value is -1.23. The Morgan fingerprint density at radius 3 is 2.87 bits per heavy atom. The summed E-state index contributed by atoms with van der Waals surface area (Å²) in [4.78, 5) is 7.64. The van der Waals surface area contributed by atoms with Crippen molar-refractivity contribution in [2.45, 2.75) is 20.3 Å². The van der Waals surface area contributed by atoms with Crippen LogP contribution in [0, 0.1) is 11.7 Å². The second-order valence-electron chi connectivity index (χ2n) is 3.51. The molecule has 0 saturated heterocycles. The Labute approximate surface area is 88.6 Å².